The highest BCUT2D eigenvalue weighted by molar-refractivity contribution is 5.74. The molecule has 0 spiro atoms. The topological polar surface area (TPSA) is 104 Å². The summed E-state index contributed by atoms with van der Waals surface area (Å²) in [6.07, 6.45) is -0.482. The van der Waals surface area contributed by atoms with Crippen molar-refractivity contribution in [3.05, 3.63) is 39.9 Å². The second-order valence-electron chi connectivity index (χ2n) is 4.60. The van der Waals surface area contributed by atoms with E-state index in [1.165, 1.54) is 12.1 Å². The Morgan fingerprint density at radius 3 is 2.89 bits per heavy atom. The maximum atomic E-state index is 11.1. The number of aliphatic carboxylic acids is 1. The van der Waals surface area contributed by atoms with Crippen LogP contribution in [0.4, 0.5) is 5.69 Å². The van der Waals surface area contributed by atoms with Gasteiger partial charge in [-0.15, -0.1) is 0 Å². The fraction of sp³-hybridized carbons (Fsp3) is 0.417. The number of non-ortho nitro benzene ring substituents is 1. The number of hydrogen-bond acceptors (Lipinski definition) is 5. The summed E-state index contributed by atoms with van der Waals surface area (Å²) in [5.74, 6) is -0.984. The first-order valence-electron chi connectivity index (χ1n) is 5.85. The highest BCUT2D eigenvalue weighted by Gasteiger charge is 2.35. The summed E-state index contributed by atoms with van der Waals surface area (Å²) in [5.41, 5.74) is 0.638. The molecule has 1 aliphatic rings. The van der Waals surface area contributed by atoms with Gasteiger partial charge in [-0.3, -0.25) is 19.8 Å². The second-order valence-corrected chi connectivity index (χ2v) is 4.60. The zero-order valence-electron chi connectivity index (χ0n) is 10.1. The maximum absolute atomic E-state index is 11.1. The SMILES string of the molecule is O=C(O)C1CC(O)CN1Cc1cccc([N+](=O)[O-])c1. The molecule has 7 heteroatoms. The van der Waals surface area contributed by atoms with Gasteiger partial charge < -0.3 is 10.2 Å². The standard InChI is InChI=1S/C12H14N2O5/c15-10-5-11(12(16)17)13(7-10)6-8-2-1-3-9(4-8)14(18)19/h1-4,10-11,15H,5-7H2,(H,16,17). The molecular weight excluding hydrogens is 252 g/mol. The normalized spacial score (nSPS) is 23.4. The molecule has 2 N–H and O–H groups in total. The lowest BCUT2D eigenvalue weighted by atomic mass is 10.1. The van der Waals surface area contributed by atoms with Crippen LogP contribution in [0.5, 0.6) is 0 Å². The molecule has 0 bridgehead atoms. The zero-order chi connectivity index (χ0) is 14.0. The highest BCUT2D eigenvalue weighted by Crippen LogP contribution is 2.22. The molecule has 1 aliphatic heterocycles. The summed E-state index contributed by atoms with van der Waals surface area (Å²) in [7, 11) is 0. The number of carboxylic acid groups (broad SMARTS) is 1. The predicted octanol–water partition coefficient (Wildman–Crippen LogP) is 0.615. The Morgan fingerprint density at radius 1 is 1.53 bits per heavy atom. The minimum Gasteiger partial charge on any atom is -0.480 e. The van der Waals surface area contributed by atoms with Crippen molar-refractivity contribution < 1.29 is 19.9 Å². The van der Waals surface area contributed by atoms with Gasteiger partial charge in [0.25, 0.3) is 5.69 Å². The Morgan fingerprint density at radius 2 is 2.26 bits per heavy atom. The maximum Gasteiger partial charge on any atom is 0.321 e. The smallest absolute Gasteiger partial charge is 0.321 e. The van der Waals surface area contributed by atoms with Crippen LogP contribution in [-0.2, 0) is 11.3 Å². The van der Waals surface area contributed by atoms with Gasteiger partial charge in [0.15, 0.2) is 0 Å². The Balaban J connectivity index is 2.14. The summed E-state index contributed by atoms with van der Waals surface area (Å²) in [4.78, 5) is 22.9. The zero-order valence-corrected chi connectivity index (χ0v) is 10.1. The monoisotopic (exact) mass is 266 g/mol. The minimum atomic E-state index is -0.984. The quantitative estimate of drug-likeness (QED) is 0.611. The van der Waals surface area contributed by atoms with Gasteiger partial charge in [-0.25, -0.2) is 0 Å². The number of carboxylic acids is 1. The van der Waals surface area contributed by atoms with Gasteiger partial charge in [-0.05, 0) is 5.56 Å². The molecule has 2 rings (SSSR count). The van der Waals surface area contributed by atoms with Crippen molar-refractivity contribution in [2.45, 2.75) is 25.1 Å². The third-order valence-electron chi connectivity index (χ3n) is 3.17. The van der Waals surface area contributed by atoms with E-state index >= 15 is 0 Å². The summed E-state index contributed by atoms with van der Waals surface area (Å²) in [6, 6.07) is 5.33. The number of aliphatic hydroxyl groups is 1. The van der Waals surface area contributed by atoms with E-state index in [0.717, 1.165) is 0 Å². The number of rotatable bonds is 4. The molecule has 1 saturated heterocycles. The summed E-state index contributed by atoms with van der Waals surface area (Å²) in [5, 5.41) is 29.3. The number of likely N-dealkylation sites (tertiary alicyclic amines) is 1. The first-order valence-corrected chi connectivity index (χ1v) is 5.85. The van der Waals surface area contributed by atoms with Crippen LogP contribution in [0.1, 0.15) is 12.0 Å². The number of nitrogens with zero attached hydrogens (tertiary/aromatic N) is 2. The molecule has 1 aromatic carbocycles. The van der Waals surface area contributed by atoms with Gasteiger partial charge in [0.2, 0.25) is 0 Å². The van der Waals surface area contributed by atoms with Gasteiger partial charge in [0.1, 0.15) is 6.04 Å². The van der Waals surface area contributed by atoms with Crippen LogP contribution < -0.4 is 0 Å². The Hall–Kier alpha value is -1.99. The Kier molecular flexibility index (Phi) is 3.77. The number of carbonyl (C=O) groups is 1. The molecule has 102 valence electrons. The van der Waals surface area contributed by atoms with Crippen molar-refractivity contribution in [2.24, 2.45) is 0 Å². The number of aliphatic hydroxyl groups excluding tert-OH is 1. The summed E-state index contributed by atoms with van der Waals surface area (Å²) < 4.78 is 0. The molecule has 2 unspecified atom stereocenters. The molecule has 1 fully saturated rings. The number of hydrogen-bond donors (Lipinski definition) is 2. The van der Waals surface area contributed by atoms with Crippen LogP contribution in [0.25, 0.3) is 0 Å². The first-order chi connectivity index (χ1) is 8.97. The van der Waals surface area contributed by atoms with Crippen molar-refractivity contribution in [1.82, 2.24) is 4.90 Å². The third kappa shape index (κ3) is 3.07. The van der Waals surface area contributed by atoms with Crippen LogP contribution in [0.2, 0.25) is 0 Å². The first kappa shape index (κ1) is 13.4. The van der Waals surface area contributed by atoms with Gasteiger partial charge in [0, 0.05) is 31.6 Å². The largest absolute Gasteiger partial charge is 0.480 e. The lowest BCUT2D eigenvalue weighted by Crippen LogP contribution is -2.35. The molecule has 0 amide bonds. The minimum absolute atomic E-state index is 0.0240. The van der Waals surface area contributed by atoms with E-state index in [-0.39, 0.29) is 25.2 Å². The number of benzene rings is 1. The third-order valence-corrected chi connectivity index (χ3v) is 3.17. The molecule has 0 saturated carbocycles. The number of β-amino-alcohol motifs (C(OH)–C–C–N with tert-alkyl or cyclic N) is 1. The van der Waals surface area contributed by atoms with Crippen LogP contribution >= 0.6 is 0 Å². The average Bonchev–Trinajstić information content (AvgIpc) is 2.70. The van der Waals surface area contributed by atoms with E-state index in [2.05, 4.69) is 0 Å². The highest BCUT2D eigenvalue weighted by atomic mass is 16.6. The molecule has 2 atom stereocenters. The molecule has 19 heavy (non-hydrogen) atoms. The van der Waals surface area contributed by atoms with Gasteiger partial charge in [-0.2, -0.15) is 0 Å². The van der Waals surface area contributed by atoms with Crippen molar-refractivity contribution >= 4 is 11.7 Å². The summed E-state index contributed by atoms with van der Waals surface area (Å²) >= 11 is 0. The van der Waals surface area contributed by atoms with Crippen molar-refractivity contribution in [3.8, 4) is 0 Å². The van der Waals surface area contributed by atoms with E-state index in [1.54, 1.807) is 17.0 Å². The Labute approximate surface area is 109 Å². The van der Waals surface area contributed by atoms with E-state index in [9.17, 15) is 20.0 Å². The Bertz CT molecular complexity index is 505. The molecule has 1 aromatic rings. The van der Waals surface area contributed by atoms with Crippen LogP contribution in [0, 0.1) is 10.1 Å². The van der Waals surface area contributed by atoms with Crippen molar-refractivity contribution in [3.63, 3.8) is 0 Å². The molecule has 7 nitrogen and oxygen atoms in total. The van der Waals surface area contributed by atoms with E-state index in [0.29, 0.717) is 5.56 Å². The number of nitro groups is 1. The fourth-order valence-electron chi connectivity index (χ4n) is 2.31. The van der Waals surface area contributed by atoms with Gasteiger partial charge >= 0.3 is 5.97 Å². The fourth-order valence-corrected chi connectivity index (χ4v) is 2.31. The second kappa shape index (κ2) is 5.33. The van der Waals surface area contributed by atoms with Gasteiger partial charge in [0.05, 0.1) is 11.0 Å². The van der Waals surface area contributed by atoms with E-state index < -0.39 is 23.0 Å². The molecular formula is C12H14N2O5. The van der Waals surface area contributed by atoms with Crippen molar-refractivity contribution in [1.29, 1.82) is 0 Å². The lowest BCUT2D eigenvalue weighted by Gasteiger charge is -2.20. The predicted molar refractivity (Wildman–Crippen MR) is 65.6 cm³/mol. The molecule has 0 radical (unpaired) electrons. The number of nitro benzene ring substituents is 1. The van der Waals surface area contributed by atoms with Gasteiger partial charge in [-0.1, -0.05) is 12.1 Å². The molecule has 0 aliphatic carbocycles. The van der Waals surface area contributed by atoms with Crippen molar-refractivity contribution in [2.75, 3.05) is 6.54 Å². The molecule has 1 heterocycles. The van der Waals surface area contributed by atoms with E-state index in [4.69, 9.17) is 5.11 Å². The lowest BCUT2D eigenvalue weighted by molar-refractivity contribution is -0.384. The average molecular weight is 266 g/mol. The summed E-state index contributed by atoms with van der Waals surface area (Å²) in [6.45, 7) is 0.537. The van der Waals surface area contributed by atoms with E-state index in [1.807, 2.05) is 0 Å². The van der Waals surface area contributed by atoms with Crippen LogP contribution in [0.15, 0.2) is 24.3 Å². The van der Waals surface area contributed by atoms with Crippen LogP contribution in [0.3, 0.4) is 0 Å². The molecule has 0 aromatic heterocycles. The van der Waals surface area contributed by atoms with Crippen LogP contribution in [-0.4, -0.2) is 44.7 Å².